The van der Waals surface area contributed by atoms with Gasteiger partial charge in [-0.1, -0.05) is 56.3 Å². The van der Waals surface area contributed by atoms with E-state index in [0.717, 1.165) is 22.5 Å². The Labute approximate surface area is 212 Å². The first kappa shape index (κ1) is 23.5. The highest BCUT2D eigenvalue weighted by Gasteiger charge is 2.33. The number of fused-ring (bicyclic) bond motifs is 3. The number of para-hydroxylation sites is 1. The molecule has 0 fully saturated rings. The zero-order chi connectivity index (χ0) is 25.2. The summed E-state index contributed by atoms with van der Waals surface area (Å²) in [6.45, 7) is 4.83. The van der Waals surface area contributed by atoms with Crippen LogP contribution in [0.4, 0.5) is 10.5 Å². The lowest BCUT2D eigenvalue weighted by molar-refractivity contribution is 0.194. The highest BCUT2D eigenvalue weighted by molar-refractivity contribution is 5.92. The number of anilines is 1. The average Bonchev–Trinajstić information content (AvgIpc) is 3.33. The van der Waals surface area contributed by atoms with Gasteiger partial charge < -0.3 is 24.3 Å². The Morgan fingerprint density at radius 1 is 0.944 bits per heavy atom. The van der Waals surface area contributed by atoms with E-state index in [-0.39, 0.29) is 12.1 Å². The number of hydrogen-bond acceptors (Lipinski definition) is 3. The molecule has 36 heavy (non-hydrogen) atoms. The summed E-state index contributed by atoms with van der Waals surface area (Å²) in [6, 6.07) is 25.9. The fraction of sp³-hybridized carbons (Fsp3) is 0.233. The molecule has 0 bridgehead atoms. The summed E-state index contributed by atoms with van der Waals surface area (Å²) in [7, 11) is 3.19. The predicted molar refractivity (Wildman–Crippen MR) is 142 cm³/mol. The molecule has 1 unspecified atom stereocenters. The Hall–Kier alpha value is -4.19. The van der Waals surface area contributed by atoms with E-state index in [2.05, 4.69) is 72.4 Å². The number of hydrogen-bond donors (Lipinski definition) is 1. The van der Waals surface area contributed by atoms with Crippen LogP contribution in [0.1, 0.15) is 48.2 Å². The molecule has 5 rings (SSSR count). The van der Waals surface area contributed by atoms with Gasteiger partial charge in [-0.2, -0.15) is 0 Å². The van der Waals surface area contributed by atoms with Crippen molar-refractivity contribution < 1.29 is 14.3 Å². The number of urea groups is 1. The minimum absolute atomic E-state index is 0.208. The molecule has 1 N–H and O–H groups in total. The number of amides is 2. The van der Waals surface area contributed by atoms with Crippen molar-refractivity contribution in [3.8, 4) is 17.2 Å². The van der Waals surface area contributed by atoms with Crippen molar-refractivity contribution in [1.29, 1.82) is 0 Å². The zero-order valence-electron chi connectivity index (χ0n) is 21.1. The molecule has 6 nitrogen and oxygen atoms in total. The second-order valence-electron chi connectivity index (χ2n) is 9.28. The van der Waals surface area contributed by atoms with Crippen molar-refractivity contribution in [2.45, 2.75) is 32.4 Å². The molecule has 1 aromatic heterocycles. The lowest BCUT2D eigenvalue weighted by Crippen LogP contribution is -2.38. The second kappa shape index (κ2) is 9.82. The largest absolute Gasteiger partial charge is 0.497 e. The summed E-state index contributed by atoms with van der Waals surface area (Å²) in [5.74, 6) is 1.64. The van der Waals surface area contributed by atoms with Gasteiger partial charge in [0.25, 0.3) is 0 Å². The van der Waals surface area contributed by atoms with Crippen molar-refractivity contribution in [2.24, 2.45) is 0 Å². The number of methoxy groups -OCH3 is 2. The Balaban J connectivity index is 1.60. The standard InChI is InChI=1S/C30H31N3O3/c1-20(2)21-11-13-22(14-12-21)29-27-10-7-17-32(27)26-9-6-5-8-23(26)19-33(29)30(34)31-25-16-15-24(35-3)18-28(25)36-4/h5-18,20,29H,19H2,1-4H3,(H,31,34). The van der Waals surface area contributed by atoms with Crippen LogP contribution in [0.25, 0.3) is 5.69 Å². The van der Waals surface area contributed by atoms with E-state index in [1.807, 2.05) is 29.2 Å². The van der Waals surface area contributed by atoms with Gasteiger partial charge in [0.2, 0.25) is 0 Å². The maximum absolute atomic E-state index is 14.0. The third kappa shape index (κ3) is 4.31. The van der Waals surface area contributed by atoms with Gasteiger partial charge in [0.15, 0.2) is 0 Å². The number of aromatic nitrogens is 1. The summed E-state index contributed by atoms with van der Waals surface area (Å²) in [5.41, 5.74) is 6.11. The Bertz CT molecular complexity index is 1370. The van der Waals surface area contributed by atoms with E-state index < -0.39 is 0 Å². The summed E-state index contributed by atoms with van der Waals surface area (Å²) in [6.07, 6.45) is 2.07. The van der Waals surface area contributed by atoms with Crippen LogP contribution < -0.4 is 14.8 Å². The van der Waals surface area contributed by atoms with E-state index in [9.17, 15) is 4.79 Å². The lowest BCUT2D eigenvalue weighted by atomic mass is 9.97. The monoisotopic (exact) mass is 481 g/mol. The van der Waals surface area contributed by atoms with Crippen LogP contribution in [-0.4, -0.2) is 29.7 Å². The van der Waals surface area contributed by atoms with Crippen LogP contribution in [0, 0.1) is 0 Å². The van der Waals surface area contributed by atoms with Crippen LogP contribution in [0.3, 0.4) is 0 Å². The normalized spacial score (nSPS) is 14.6. The molecular formula is C30H31N3O3. The molecule has 0 spiro atoms. The number of carbonyl (C=O) groups excluding carboxylic acids is 1. The first-order valence-corrected chi connectivity index (χ1v) is 12.1. The van der Waals surface area contributed by atoms with E-state index in [4.69, 9.17) is 9.47 Å². The van der Waals surface area contributed by atoms with E-state index in [0.29, 0.717) is 29.6 Å². The molecule has 1 atom stereocenters. The minimum Gasteiger partial charge on any atom is -0.497 e. The first-order chi connectivity index (χ1) is 17.5. The lowest BCUT2D eigenvalue weighted by Gasteiger charge is -2.31. The molecule has 0 saturated heterocycles. The average molecular weight is 482 g/mol. The molecular weight excluding hydrogens is 450 g/mol. The van der Waals surface area contributed by atoms with E-state index >= 15 is 0 Å². The molecule has 1 aliphatic heterocycles. The molecule has 6 heteroatoms. The number of benzene rings is 3. The van der Waals surface area contributed by atoms with Gasteiger partial charge in [-0.05, 0) is 52.9 Å². The van der Waals surface area contributed by atoms with Crippen LogP contribution in [0.5, 0.6) is 11.5 Å². The minimum atomic E-state index is -0.280. The molecule has 4 aromatic rings. The van der Waals surface area contributed by atoms with Crippen molar-refractivity contribution in [3.63, 3.8) is 0 Å². The van der Waals surface area contributed by atoms with Crippen LogP contribution in [0.15, 0.2) is 85.1 Å². The number of nitrogens with one attached hydrogen (secondary N) is 1. The number of ether oxygens (including phenoxy) is 2. The second-order valence-corrected chi connectivity index (χ2v) is 9.28. The maximum Gasteiger partial charge on any atom is 0.323 e. The SMILES string of the molecule is COc1ccc(NC(=O)N2Cc3ccccc3-n3cccc3C2c2ccc(C(C)C)cc2)c(OC)c1. The molecule has 2 amide bonds. The molecule has 2 heterocycles. The van der Waals surface area contributed by atoms with Crippen molar-refractivity contribution in [2.75, 3.05) is 19.5 Å². The van der Waals surface area contributed by atoms with Gasteiger partial charge in [0.1, 0.15) is 11.5 Å². The van der Waals surface area contributed by atoms with E-state index in [1.54, 1.807) is 26.4 Å². The van der Waals surface area contributed by atoms with Crippen molar-refractivity contribution in [1.82, 2.24) is 9.47 Å². The molecule has 0 saturated carbocycles. The molecule has 0 radical (unpaired) electrons. The fourth-order valence-corrected chi connectivity index (χ4v) is 4.84. The summed E-state index contributed by atoms with van der Waals surface area (Å²) in [5, 5.41) is 3.09. The number of nitrogens with zero attached hydrogens (tertiary/aromatic N) is 2. The highest BCUT2D eigenvalue weighted by atomic mass is 16.5. The molecule has 184 valence electrons. The third-order valence-electron chi connectivity index (χ3n) is 6.79. The van der Waals surface area contributed by atoms with Gasteiger partial charge in [-0.15, -0.1) is 0 Å². The fourth-order valence-electron chi connectivity index (χ4n) is 4.84. The van der Waals surface area contributed by atoms with Gasteiger partial charge >= 0.3 is 6.03 Å². The van der Waals surface area contributed by atoms with Crippen LogP contribution in [-0.2, 0) is 6.54 Å². The molecule has 1 aliphatic rings. The predicted octanol–water partition coefficient (Wildman–Crippen LogP) is 6.76. The quantitative estimate of drug-likeness (QED) is 0.343. The van der Waals surface area contributed by atoms with E-state index in [1.165, 1.54) is 5.56 Å². The third-order valence-corrected chi connectivity index (χ3v) is 6.79. The smallest absolute Gasteiger partial charge is 0.323 e. The molecule has 0 aliphatic carbocycles. The zero-order valence-corrected chi connectivity index (χ0v) is 21.1. The Morgan fingerprint density at radius 2 is 1.72 bits per heavy atom. The first-order valence-electron chi connectivity index (χ1n) is 12.1. The molecule has 3 aromatic carbocycles. The van der Waals surface area contributed by atoms with Gasteiger partial charge in [0, 0.05) is 18.0 Å². The summed E-state index contributed by atoms with van der Waals surface area (Å²) in [4.78, 5) is 15.9. The Morgan fingerprint density at radius 3 is 2.44 bits per heavy atom. The van der Waals surface area contributed by atoms with Crippen LogP contribution >= 0.6 is 0 Å². The number of carbonyl (C=O) groups is 1. The van der Waals surface area contributed by atoms with Crippen molar-refractivity contribution >= 4 is 11.7 Å². The van der Waals surface area contributed by atoms with Crippen LogP contribution in [0.2, 0.25) is 0 Å². The van der Waals surface area contributed by atoms with Gasteiger partial charge in [-0.25, -0.2) is 4.79 Å². The highest BCUT2D eigenvalue weighted by Crippen LogP contribution is 2.38. The summed E-state index contributed by atoms with van der Waals surface area (Å²) >= 11 is 0. The topological polar surface area (TPSA) is 55.7 Å². The van der Waals surface area contributed by atoms with Gasteiger partial charge in [0.05, 0.1) is 38.2 Å². The van der Waals surface area contributed by atoms with Crippen molar-refractivity contribution in [3.05, 3.63) is 107 Å². The Kier molecular flexibility index (Phi) is 6.42. The number of rotatable bonds is 5. The summed E-state index contributed by atoms with van der Waals surface area (Å²) < 4.78 is 13.0. The van der Waals surface area contributed by atoms with Gasteiger partial charge in [-0.3, -0.25) is 0 Å². The maximum atomic E-state index is 14.0.